The van der Waals surface area contributed by atoms with Gasteiger partial charge in [-0.3, -0.25) is 20.2 Å². The van der Waals surface area contributed by atoms with E-state index in [1.807, 2.05) is 0 Å². The number of aromatic nitrogens is 1. The molecular formula is C22H25F2N4O4+. The first-order valence-corrected chi connectivity index (χ1v) is 10.3. The van der Waals surface area contributed by atoms with Crippen molar-refractivity contribution in [3.8, 4) is 0 Å². The highest BCUT2D eigenvalue weighted by molar-refractivity contribution is 6.30. The molecule has 1 aliphatic heterocycles. The number of aliphatic hydroxyl groups is 1. The van der Waals surface area contributed by atoms with Gasteiger partial charge in [0, 0.05) is 31.0 Å². The second kappa shape index (κ2) is 10.4. The summed E-state index contributed by atoms with van der Waals surface area (Å²) >= 11 is 0. The molecule has 1 unspecified atom stereocenters. The topological polar surface area (TPSA) is 128 Å². The van der Waals surface area contributed by atoms with Crippen molar-refractivity contribution in [2.45, 2.75) is 38.6 Å². The molecule has 2 aromatic rings. The number of rotatable bonds is 9. The molecule has 8 nitrogen and oxygen atoms in total. The number of benzene rings is 1. The van der Waals surface area contributed by atoms with Crippen molar-refractivity contribution >= 4 is 23.3 Å². The van der Waals surface area contributed by atoms with Gasteiger partial charge in [0.05, 0.1) is 5.56 Å². The van der Waals surface area contributed by atoms with Crippen LogP contribution in [0.15, 0.2) is 30.5 Å². The fourth-order valence-electron chi connectivity index (χ4n) is 3.53. The second-order valence-corrected chi connectivity index (χ2v) is 7.59. The minimum Gasteiger partial charge on any atom is -0.396 e. The average molecular weight is 447 g/mol. The van der Waals surface area contributed by atoms with E-state index in [1.165, 1.54) is 12.3 Å². The Bertz CT molecular complexity index is 1030. The molecule has 10 heteroatoms. The van der Waals surface area contributed by atoms with Gasteiger partial charge in [-0.15, -0.1) is 0 Å². The van der Waals surface area contributed by atoms with Crippen LogP contribution >= 0.6 is 0 Å². The van der Waals surface area contributed by atoms with Crippen LogP contribution in [0.4, 0.5) is 14.6 Å². The third-order valence-corrected chi connectivity index (χ3v) is 5.31. The molecule has 0 saturated heterocycles. The van der Waals surface area contributed by atoms with Gasteiger partial charge >= 0.3 is 0 Å². The van der Waals surface area contributed by atoms with Crippen LogP contribution in [0.3, 0.4) is 0 Å². The number of anilines is 1. The van der Waals surface area contributed by atoms with Crippen LogP contribution in [0.5, 0.6) is 0 Å². The zero-order chi connectivity index (χ0) is 23.3. The van der Waals surface area contributed by atoms with Crippen molar-refractivity contribution in [3.05, 3.63) is 58.8 Å². The summed E-state index contributed by atoms with van der Waals surface area (Å²) in [6.45, 7) is -0.129. The second-order valence-electron chi connectivity index (χ2n) is 7.59. The minimum atomic E-state index is -1.52. The first kappa shape index (κ1) is 23.4. The van der Waals surface area contributed by atoms with E-state index in [-0.39, 0.29) is 35.8 Å². The summed E-state index contributed by atoms with van der Waals surface area (Å²) in [5.41, 5.74) is 1.06. The number of carbonyl (C=O) groups excluding carboxylic acids is 2. The van der Waals surface area contributed by atoms with E-state index in [0.29, 0.717) is 17.6 Å². The Balaban J connectivity index is 1.72. The summed E-state index contributed by atoms with van der Waals surface area (Å²) in [4.78, 5) is 29.3. The number of hydrogen-bond acceptors (Lipinski definition) is 5. The lowest BCUT2D eigenvalue weighted by molar-refractivity contribution is -0.142. The van der Waals surface area contributed by atoms with Gasteiger partial charge in [-0.05, 0) is 37.0 Å². The smallest absolute Gasteiger partial charge is 0.275 e. The lowest BCUT2D eigenvalue weighted by Crippen LogP contribution is -2.59. The van der Waals surface area contributed by atoms with Crippen LogP contribution in [0.25, 0.3) is 0 Å². The average Bonchev–Trinajstić information content (AvgIpc) is 2.77. The molecule has 1 atom stereocenters. The summed E-state index contributed by atoms with van der Waals surface area (Å²) in [5.74, 6) is -4.96. The Kier molecular flexibility index (Phi) is 7.60. The third kappa shape index (κ3) is 5.14. The monoisotopic (exact) mass is 447 g/mol. The maximum atomic E-state index is 13.8. The van der Waals surface area contributed by atoms with Gasteiger partial charge < -0.3 is 10.4 Å². The molecule has 3 rings (SSSR count). The highest BCUT2D eigenvalue weighted by atomic mass is 19.1. The molecule has 0 radical (unpaired) electrons. The number of unbranched alkanes of at least 4 members (excludes halogenated alkanes) is 3. The Hall–Kier alpha value is -3.24. The minimum absolute atomic E-state index is 0.0352. The van der Waals surface area contributed by atoms with Crippen molar-refractivity contribution in [1.82, 2.24) is 10.3 Å². The molecule has 0 spiro atoms. The van der Waals surface area contributed by atoms with E-state index in [4.69, 9.17) is 10.5 Å². The summed E-state index contributed by atoms with van der Waals surface area (Å²) in [6.07, 6.45) is 5.63. The van der Waals surface area contributed by atoms with Crippen molar-refractivity contribution in [3.63, 3.8) is 0 Å². The molecule has 1 aromatic carbocycles. The largest absolute Gasteiger partial charge is 0.396 e. The van der Waals surface area contributed by atoms with Crippen LogP contribution in [-0.4, -0.2) is 39.4 Å². The van der Waals surface area contributed by atoms with E-state index in [0.717, 1.165) is 37.3 Å². The van der Waals surface area contributed by atoms with E-state index in [2.05, 4.69) is 10.3 Å². The number of aliphatic hydroxyl groups excluding tert-OH is 1. The number of carbonyl (C=O) groups is 2. The number of nitrogens with two attached hydrogens (primary N) is 1. The van der Waals surface area contributed by atoms with Crippen molar-refractivity contribution in [2.75, 3.05) is 11.7 Å². The number of fused-ring (bicyclic) bond motifs is 1. The van der Waals surface area contributed by atoms with Crippen LogP contribution in [0, 0.1) is 17.6 Å². The lowest BCUT2D eigenvalue weighted by Gasteiger charge is -2.26. The molecule has 0 aliphatic carbocycles. The molecule has 1 aromatic heterocycles. The van der Waals surface area contributed by atoms with E-state index >= 15 is 0 Å². The summed E-state index contributed by atoms with van der Waals surface area (Å²) in [7, 11) is 0. The Morgan fingerprint density at radius 3 is 2.66 bits per heavy atom. The first-order valence-electron chi connectivity index (χ1n) is 10.3. The highest BCUT2D eigenvalue weighted by Gasteiger charge is 2.45. The number of aryl methyl sites for hydroxylation is 1. The maximum Gasteiger partial charge on any atom is 0.275 e. The number of halogens is 2. The summed E-state index contributed by atoms with van der Waals surface area (Å²) in [6, 6.07) is 4.61. The number of pyridine rings is 1. The molecule has 170 valence electrons. The predicted octanol–water partition coefficient (Wildman–Crippen LogP) is 0.672. The Labute approximate surface area is 183 Å². The standard InChI is InChI=1S/C22H24F2N4O4/c23-15-7-6-14(17(24)10-15)12-27-21(30)18-19(25)16-9-13(5-3-1-2-4-8-29)11-26-20(16)28(32)22(18)31/h6-7,9-11,18,25,29,32H,1-5,8,12H2,(H,27,30)/p+1. The molecule has 2 amide bonds. The Morgan fingerprint density at radius 2 is 1.94 bits per heavy atom. The SMILES string of the molecule is [NH2+]=C1c2cc(CCCCCCO)cnc2N(O)C(=O)C1C(=O)NCc1ccc(F)cc1F. The fraction of sp³-hybridized carbons (Fsp3) is 0.364. The molecule has 1 aliphatic rings. The van der Waals surface area contributed by atoms with E-state index in [1.54, 1.807) is 6.07 Å². The molecule has 2 heterocycles. The summed E-state index contributed by atoms with van der Waals surface area (Å²) < 4.78 is 26.9. The zero-order valence-electron chi connectivity index (χ0n) is 17.4. The maximum absolute atomic E-state index is 13.8. The first-order chi connectivity index (χ1) is 15.3. The number of amides is 2. The molecule has 32 heavy (non-hydrogen) atoms. The van der Waals surface area contributed by atoms with E-state index < -0.39 is 29.4 Å². The van der Waals surface area contributed by atoms with E-state index in [9.17, 15) is 23.6 Å². The molecule has 0 saturated carbocycles. The van der Waals surface area contributed by atoms with Gasteiger partial charge in [-0.25, -0.2) is 13.8 Å². The lowest BCUT2D eigenvalue weighted by atomic mass is 9.90. The number of hydroxylamine groups is 1. The third-order valence-electron chi connectivity index (χ3n) is 5.31. The highest BCUT2D eigenvalue weighted by Crippen LogP contribution is 2.28. The van der Waals surface area contributed by atoms with Crippen LogP contribution in [-0.2, 0) is 22.6 Å². The van der Waals surface area contributed by atoms with Gasteiger partial charge in [0.25, 0.3) is 5.91 Å². The van der Waals surface area contributed by atoms with Gasteiger partial charge in [-0.1, -0.05) is 18.9 Å². The van der Waals surface area contributed by atoms with Gasteiger partial charge in [0.1, 0.15) is 11.6 Å². The van der Waals surface area contributed by atoms with Gasteiger partial charge in [0.15, 0.2) is 5.82 Å². The normalized spacial score (nSPS) is 15.6. The van der Waals surface area contributed by atoms with Crippen LogP contribution in [0.2, 0.25) is 0 Å². The molecule has 0 fully saturated rings. The van der Waals surface area contributed by atoms with Crippen molar-refractivity contribution < 1.29 is 34.1 Å². The quantitative estimate of drug-likeness (QED) is 0.255. The Morgan fingerprint density at radius 1 is 1.19 bits per heavy atom. The van der Waals surface area contributed by atoms with Crippen LogP contribution < -0.4 is 15.8 Å². The van der Waals surface area contributed by atoms with Gasteiger partial charge in [0.2, 0.25) is 17.5 Å². The fourth-order valence-corrected chi connectivity index (χ4v) is 3.53. The van der Waals surface area contributed by atoms with Crippen LogP contribution in [0.1, 0.15) is 42.4 Å². The van der Waals surface area contributed by atoms with Gasteiger partial charge in [-0.2, -0.15) is 5.06 Å². The molecule has 5 N–H and O–H groups in total. The van der Waals surface area contributed by atoms with Crippen molar-refractivity contribution in [1.29, 1.82) is 0 Å². The zero-order valence-corrected chi connectivity index (χ0v) is 17.4. The summed E-state index contributed by atoms with van der Waals surface area (Å²) in [5, 5.41) is 27.9. The van der Waals surface area contributed by atoms with Crippen molar-refractivity contribution in [2.24, 2.45) is 5.92 Å². The molecule has 0 bridgehead atoms. The number of hydrogen-bond donors (Lipinski definition) is 4. The number of nitrogens with zero attached hydrogens (tertiary/aromatic N) is 2. The molecular weight excluding hydrogens is 422 g/mol. The number of nitrogens with one attached hydrogen (secondary N) is 1. The predicted molar refractivity (Wildman–Crippen MR) is 110 cm³/mol.